The highest BCUT2D eigenvalue weighted by Crippen LogP contribution is 2.34. The molecule has 0 bridgehead atoms. The minimum absolute atomic E-state index is 0.0115. The average molecular weight is 447 g/mol. The maximum absolute atomic E-state index is 13.3. The van der Waals surface area contributed by atoms with Gasteiger partial charge in [-0.05, 0) is 36.6 Å². The molecule has 164 valence electrons. The van der Waals surface area contributed by atoms with Crippen molar-refractivity contribution < 1.29 is 31.9 Å². The summed E-state index contributed by atoms with van der Waals surface area (Å²) >= 11 is 0. The summed E-state index contributed by atoms with van der Waals surface area (Å²) in [7, 11) is -1.58. The van der Waals surface area contributed by atoms with Gasteiger partial charge in [-0.1, -0.05) is 12.1 Å². The Morgan fingerprint density at radius 1 is 1.23 bits per heavy atom. The van der Waals surface area contributed by atoms with Crippen LogP contribution in [0.2, 0.25) is 0 Å². The standard InChI is InChI=1S/C22H22FNO6S/c1-24-12-17(20(26)22(24)27)19(25)21-15(10-13-2-4-16(23)5-3-13)11-18(30-21)14-6-8-31(28,29)9-7-14/h2-5,11,14,26H,6-10,12H2,1H3. The monoisotopic (exact) mass is 447 g/mol. The second-order valence-corrected chi connectivity index (χ2v) is 10.4. The lowest BCUT2D eigenvalue weighted by molar-refractivity contribution is -0.126. The lowest BCUT2D eigenvalue weighted by atomic mass is 9.97. The second-order valence-electron chi connectivity index (χ2n) is 8.05. The van der Waals surface area contributed by atoms with Gasteiger partial charge in [0.25, 0.3) is 5.91 Å². The van der Waals surface area contributed by atoms with Crippen molar-refractivity contribution in [1.82, 2.24) is 4.90 Å². The molecular weight excluding hydrogens is 425 g/mol. The fraction of sp³-hybridized carbons (Fsp3) is 0.364. The molecule has 1 saturated heterocycles. The van der Waals surface area contributed by atoms with E-state index in [1.54, 1.807) is 18.2 Å². The fourth-order valence-electron chi connectivity index (χ4n) is 3.98. The number of rotatable bonds is 5. The Morgan fingerprint density at radius 3 is 2.45 bits per heavy atom. The number of halogens is 1. The van der Waals surface area contributed by atoms with E-state index in [2.05, 4.69) is 0 Å². The maximum Gasteiger partial charge on any atom is 0.289 e. The number of carbonyl (C=O) groups excluding carboxylic acids is 2. The molecule has 3 heterocycles. The molecule has 2 aliphatic rings. The van der Waals surface area contributed by atoms with E-state index in [0.29, 0.717) is 24.2 Å². The number of hydrogen-bond donors (Lipinski definition) is 1. The zero-order chi connectivity index (χ0) is 22.3. The number of benzene rings is 1. The molecule has 9 heteroatoms. The van der Waals surface area contributed by atoms with Crippen molar-refractivity contribution in [2.24, 2.45) is 0 Å². The molecule has 31 heavy (non-hydrogen) atoms. The molecule has 7 nitrogen and oxygen atoms in total. The molecule has 0 atom stereocenters. The van der Waals surface area contributed by atoms with Crippen LogP contribution in [0, 0.1) is 5.82 Å². The van der Waals surface area contributed by atoms with Crippen LogP contribution in [0.1, 0.15) is 46.2 Å². The number of aliphatic hydroxyl groups excluding tert-OH is 1. The predicted molar refractivity (Wildman–Crippen MR) is 110 cm³/mol. The number of carbonyl (C=O) groups is 2. The minimum Gasteiger partial charge on any atom is -0.503 e. The van der Waals surface area contributed by atoms with Gasteiger partial charge in [-0.2, -0.15) is 0 Å². The third-order valence-electron chi connectivity index (χ3n) is 5.80. The first-order valence-corrected chi connectivity index (χ1v) is 11.8. The summed E-state index contributed by atoms with van der Waals surface area (Å²) in [6, 6.07) is 7.59. The van der Waals surface area contributed by atoms with Crippen LogP contribution in [0.15, 0.2) is 46.1 Å². The normalized spacial score (nSPS) is 19.3. The van der Waals surface area contributed by atoms with Crippen molar-refractivity contribution in [1.29, 1.82) is 0 Å². The maximum atomic E-state index is 13.3. The molecule has 1 fully saturated rings. The number of Topliss-reactive ketones (excluding diaryl/α,β-unsaturated/α-hetero) is 1. The molecule has 2 aromatic rings. The van der Waals surface area contributed by atoms with Gasteiger partial charge in [0, 0.05) is 24.9 Å². The Labute approximate surface area is 179 Å². The van der Waals surface area contributed by atoms with Gasteiger partial charge >= 0.3 is 0 Å². The van der Waals surface area contributed by atoms with Crippen LogP contribution in [-0.4, -0.2) is 55.2 Å². The molecular formula is C22H22FNO6S. The number of hydrogen-bond acceptors (Lipinski definition) is 6. The molecule has 1 aromatic carbocycles. The number of furan rings is 1. The Morgan fingerprint density at radius 2 is 1.87 bits per heavy atom. The van der Waals surface area contributed by atoms with Crippen molar-refractivity contribution in [3.05, 3.63) is 70.1 Å². The van der Waals surface area contributed by atoms with Gasteiger partial charge in [-0.25, -0.2) is 12.8 Å². The largest absolute Gasteiger partial charge is 0.503 e. The molecule has 1 N–H and O–H groups in total. The zero-order valence-electron chi connectivity index (χ0n) is 16.9. The highest BCUT2D eigenvalue weighted by Gasteiger charge is 2.35. The first-order valence-electron chi connectivity index (χ1n) is 9.94. The first-order chi connectivity index (χ1) is 14.6. The minimum atomic E-state index is -3.06. The molecule has 1 amide bonds. The molecule has 0 aliphatic carbocycles. The zero-order valence-corrected chi connectivity index (χ0v) is 17.7. The summed E-state index contributed by atoms with van der Waals surface area (Å²) in [6.07, 6.45) is 1.08. The van der Waals surface area contributed by atoms with Crippen LogP contribution in [0.3, 0.4) is 0 Å². The van der Waals surface area contributed by atoms with Crippen LogP contribution in [0.5, 0.6) is 0 Å². The quantitative estimate of drug-likeness (QED) is 0.707. The third kappa shape index (κ3) is 4.27. The second kappa shape index (κ2) is 7.96. The van der Waals surface area contributed by atoms with Crippen molar-refractivity contribution in [3.8, 4) is 0 Å². The molecule has 0 radical (unpaired) electrons. The number of ketones is 1. The van der Waals surface area contributed by atoms with Crippen LogP contribution in [0.4, 0.5) is 4.39 Å². The van der Waals surface area contributed by atoms with E-state index >= 15 is 0 Å². The predicted octanol–water partition coefficient (Wildman–Crippen LogP) is 2.77. The van der Waals surface area contributed by atoms with E-state index in [1.165, 1.54) is 24.1 Å². The van der Waals surface area contributed by atoms with Crippen molar-refractivity contribution in [3.63, 3.8) is 0 Å². The van der Waals surface area contributed by atoms with E-state index in [9.17, 15) is 27.5 Å². The molecule has 0 saturated carbocycles. The number of aliphatic hydroxyl groups is 1. The van der Waals surface area contributed by atoms with E-state index in [-0.39, 0.29) is 47.5 Å². The average Bonchev–Trinajstić information content (AvgIpc) is 3.26. The van der Waals surface area contributed by atoms with Crippen LogP contribution in [0.25, 0.3) is 0 Å². The summed E-state index contributed by atoms with van der Waals surface area (Å²) in [6.45, 7) is -0.0306. The highest BCUT2D eigenvalue weighted by atomic mass is 32.2. The van der Waals surface area contributed by atoms with Gasteiger partial charge < -0.3 is 14.4 Å². The highest BCUT2D eigenvalue weighted by molar-refractivity contribution is 7.91. The third-order valence-corrected chi connectivity index (χ3v) is 7.52. The van der Waals surface area contributed by atoms with Crippen LogP contribution in [-0.2, 0) is 21.1 Å². The summed E-state index contributed by atoms with van der Waals surface area (Å²) in [5.41, 5.74) is 1.26. The van der Waals surface area contributed by atoms with E-state index in [0.717, 1.165) is 5.56 Å². The lowest BCUT2D eigenvalue weighted by Gasteiger charge is -2.19. The number of likely N-dealkylation sites (N-methyl/N-ethyl adjacent to an activating group) is 1. The summed E-state index contributed by atoms with van der Waals surface area (Å²) in [5.74, 6) is -1.70. The number of sulfone groups is 1. The molecule has 4 rings (SSSR count). The van der Waals surface area contributed by atoms with Crippen molar-refractivity contribution >= 4 is 21.5 Å². The molecule has 0 spiro atoms. The number of amides is 1. The SMILES string of the molecule is CN1CC(C(=O)c2oc(C3CCS(=O)(=O)CC3)cc2Cc2ccc(F)cc2)=C(O)C1=O. The van der Waals surface area contributed by atoms with Gasteiger partial charge in [0.15, 0.2) is 11.5 Å². The molecule has 0 unspecified atom stereocenters. The van der Waals surface area contributed by atoms with Gasteiger partial charge in [0.1, 0.15) is 21.4 Å². The van der Waals surface area contributed by atoms with Gasteiger partial charge in [-0.3, -0.25) is 9.59 Å². The summed E-state index contributed by atoms with van der Waals surface area (Å²) in [5, 5.41) is 10.1. The molecule has 1 aromatic heterocycles. The summed E-state index contributed by atoms with van der Waals surface area (Å²) in [4.78, 5) is 26.3. The Kier molecular flexibility index (Phi) is 5.47. The fourth-order valence-corrected chi connectivity index (χ4v) is 5.47. The lowest BCUT2D eigenvalue weighted by Crippen LogP contribution is -2.22. The van der Waals surface area contributed by atoms with Crippen LogP contribution < -0.4 is 0 Å². The molecule has 2 aliphatic heterocycles. The van der Waals surface area contributed by atoms with Gasteiger partial charge in [-0.15, -0.1) is 0 Å². The van der Waals surface area contributed by atoms with Crippen molar-refractivity contribution in [2.75, 3.05) is 25.1 Å². The van der Waals surface area contributed by atoms with E-state index < -0.39 is 27.3 Å². The summed E-state index contributed by atoms with van der Waals surface area (Å²) < 4.78 is 42.7. The Bertz CT molecular complexity index is 1170. The smallest absolute Gasteiger partial charge is 0.289 e. The van der Waals surface area contributed by atoms with Gasteiger partial charge in [0.2, 0.25) is 5.78 Å². The Balaban J connectivity index is 1.70. The van der Waals surface area contributed by atoms with E-state index in [4.69, 9.17) is 4.42 Å². The number of nitrogens with zero attached hydrogens (tertiary/aromatic N) is 1. The van der Waals surface area contributed by atoms with E-state index in [1.807, 2.05) is 0 Å². The van der Waals surface area contributed by atoms with Crippen LogP contribution >= 0.6 is 0 Å². The first kappa shape index (κ1) is 21.3. The van der Waals surface area contributed by atoms with Gasteiger partial charge in [0.05, 0.1) is 23.6 Å². The topological polar surface area (TPSA) is 105 Å². The van der Waals surface area contributed by atoms with Crippen molar-refractivity contribution in [2.45, 2.75) is 25.2 Å². The Hall–Kier alpha value is -2.94.